The predicted octanol–water partition coefficient (Wildman–Crippen LogP) is 4.45. The molecule has 0 fully saturated rings. The smallest absolute Gasteiger partial charge is 0.0223 e. The molecule has 0 spiro atoms. The molecule has 1 aromatic carbocycles. The van der Waals surface area contributed by atoms with E-state index in [1.54, 1.807) is 11.1 Å². The highest BCUT2D eigenvalue weighted by Crippen LogP contribution is 2.31. The van der Waals surface area contributed by atoms with Gasteiger partial charge in [0.15, 0.2) is 0 Å². The molecular formula is C17H26ClN. The van der Waals surface area contributed by atoms with Crippen LogP contribution in [0.2, 0.25) is 0 Å². The molecule has 0 saturated carbocycles. The maximum absolute atomic E-state index is 5.72. The van der Waals surface area contributed by atoms with E-state index < -0.39 is 0 Å². The molecule has 0 saturated heterocycles. The van der Waals surface area contributed by atoms with Gasteiger partial charge in [-0.1, -0.05) is 30.7 Å². The molecule has 19 heavy (non-hydrogen) atoms. The summed E-state index contributed by atoms with van der Waals surface area (Å²) >= 11 is 5.72. The van der Waals surface area contributed by atoms with Crippen LogP contribution in [0.3, 0.4) is 0 Å². The van der Waals surface area contributed by atoms with E-state index in [-0.39, 0.29) is 0 Å². The second-order valence-corrected chi connectivity index (χ2v) is 6.18. The standard InChI is InChI=1S/C17H26ClN/c1-19(13-6-2-5-12-18)14-16-10-7-9-15-8-3-4-11-17(15)16/h3-4,8,11,16H,2,5-7,9-10,12-14H2,1H3. The second-order valence-electron chi connectivity index (χ2n) is 5.80. The van der Waals surface area contributed by atoms with Crippen molar-refractivity contribution in [3.8, 4) is 0 Å². The first-order valence-electron chi connectivity index (χ1n) is 7.63. The van der Waals surface area contributed by atoms with Gasteiger partial charge in [-0.05, 0) is 62.7 Å². The zero-order valence-electron chi connectivity index (χ0n) is 12.1. The van der Waals surface area contributed by atoms with E-state index in [1.165, 1.54) is 45.2 Å². The summed E-state index contributed by atoms with van der Waals surface area (Å²) in [5.41, 5.74) is 3.18. The van der Waals surface area contributed by atoms with E-state index in [1.807, 2.05) is 0 Å². The fourth-order valence-corrected chi connectivity index (χ4v) is 3.35. The molecule has 1 unspecified atom stereocenters. The van der Waals surface area contributed by atoms with Gasteiger partial charge in [0.1, 0.15) is 0 Å². The largest absolute Gasteiger partial charge is 0.306 e. The van der Waals surface area contributed by atoms with Gasteiger partial charge in [0.2, 0.25) is 0 Å². The van der Waals surface area contributed by atoms with Gasteiger partial charge in [0, 0.05) is 12.4 Å². The number of nitrogens with zero attached hydrogens (tertiary/aromatic N) is 1. The van der Waals surface area contributed by atoms with Crippen molar-refractivity contribution in [1.29, 1.82) is 0 Å². The number of hydrogen-bond acceptors (Lipinski definition) is 1. The Bertz CT molecular complexity index is 377. The van der Waals surface area contributed by atoms with Crippen molar-refractivity contribution >= 4 is 11.6 Å². The molecule has 1 aromatic rings. The Morgan fingerprint density at radius 1 is 1.21 bits per heavy atom. The summed E-state index contributed by atoms with van der Waals surface area (Å²) in [6.45, 7) is 2.41. The number of aryl methyl sites for hydroxylation is 1. The first-order valence-corrected chi connectivity index (χ1v) is 8.17. The van der Waals surface area contributed by atoms with E-state index in [2.05, 4.69) is 36.2 Å². The SMILES string of the molecule is CN(CCCCCCl)CC1CCCc2ccccc21. The van der Waals surface area contributed by atoms with Gasteiger partial charge >= 0.3 is 0 Å². The number of likely N-dealkylation sites (N-methyl/N-ethyl adjacent to an activating group) is 1. The van der Waals surface area contributed by atoms with E-state index in [9.17, 15) is 0 Å². The van der Waals surface area contributed by atoms with E-state index in [0.29, 0.717) is 0 Å². The monoisotopic (exact) mass is 279 g/mol. The predicted molar refractivity (Wildman–Crippen MR) is 84.2 cm³/mol. The molecule has 0 N–H and O–H groups in total. The molecule has 2 rings (SSSR count). The Morgan fingerprint density at radius 3 is 2.89 bits per heavy atom. The van der Waals surface area contributed by atoms with Crippen molar-refractivity contribution in [2.75, 3.05) is 26.0 Å². The Kier molecular flexibility index (Phi) is 6.19. The van der Waals surface area contributed by atoms with Gasteiger partial charge in [-0.15, -0.1) is 11.6 Å². The number of hydrogen-bond donors (Lipinski definition) is 0. The lowest BCUT2D eigenvalue weighted by Gasteiger charge is -2.29. The van der Waals surface area contributed by atoms with Crippen LogP contribution in [0, 0.1) is 0 Å². The lowest BCUT2D eigenvalue weighted by molar-refractivity contribution is 0.291. The summed E-state index contributed by atoms with van der Waals surface area (Å²) in [7, 11) is 2.26. The molecule has 0 bridgehead atoms. The van der Waals surface area contributed by atoms with E-state index in [0.717, 1.165) is 18.2 Å². The van der Waals surface area contributed by atoms with Crippen LogP contribution >= 0.6 is 11.6 Å². The lowest BCUT2D eigenvalue weighted by atomic mass is 9.82. The van der Waals surface area contributed by atoms with Crippen LogP contribution in [-0.4, -0.2) is 30.9 Å². The molecule has 2 heteroatoms. The molecule has 0 aliphatic heterocycles. The Hall–Kier alpha value is -0.530. The van der Waals surface area contributed by atoms with Crippen LogP contribution in [-0.2, 0) is 6.42 Å². The van der Waals surface area contributed by atoms with Crippen molar-refractivity contribution in [2.45, 2.75) is 44.4 Å². The minimum absolute atomic E-state index is 0.739. The summed E-state index contributed by atoms with van der Waals surface area (Å²) in [4.78, 5) is 2.50. The zero-order chi connectivity index (χ0) is 13.5. The van der Waals surface area contributed by atoms with Crippen molar-refractivity contribution in [3.05, 3.63) is 35.4 Å². The molecule has 0 radical (unpaired) electrons. The zero-order valence-corrected chi connectivity index (χ0v) is 12.8. The summed E-state index contributed by atoms with van der Waals surface area (Å²) in [6.07, 6.45) is 7.66. The summed E-state index contributed by atoms with van der Waals surface area (Å²) in [5, 5.41) is 0. The molecule has 1 nitrogen and oxygen atoms in total. The fraction of sp³-hybridized carbons (Fsp3) is 0.647. The van der Waals surface area contributed by atoms with Crippen LogP contribution in [0.25, 0.3) is 0 Å². The summed E-state index contributed by atoms with van der Waals surface area (Å²) < 4.78 is 0. The summed E-state index contributed by atoms with van der Waals surface area (Å²) in [5.74, 6) is 1.54. The molecular weight excluding hydrogens is 254 g/mol. The normalized spacial score (nSPS) is 18.6. The van der Waals surface area contributed by atoms with Crippen molar-refractivity contribution in [1.82, 2.24) is 4.90 Å². The maximum atomic E-state index is 5.72. The Labute approximate surface area is 123 Å². The van der Waals surface area contributed by atoms with Gasteiger partial charge in [-0.3, -0.25) is 0 Å². The number of fused-ring (bicyclic) bond motifs is 1. The van der Waals surface area contributed by atoms with Gasteiger partial charge in [0.05, 0.1) is 0 Å². The van der Waals surface area contributed by atoms with Crippen molar-refractivity contribution in [2.24, 2.45) is 0 Å². The number of alkyl halides is 1. The topological polar surface area (TPSA) is 3.24 Å². The molecule has 1 aliphatic carbocycles. The van der Waals surface area contributed by atoms with E-state index >= 15 is 0 Å². The lowest BCUT2D eigenvalue weighted by Crippen LogP contribution is -2.27. The quantitative estimate of drug-likeness (QED) is 0.527. The number of benzene rings is 1. The molecule has 1 aliphatic rings. The first kappa shape index (κ1) is 14.9. The van der Waals surface area contributed by atoms with Gasteiger partial charge in [-0.2, -0.15) is 0 Å². The van der Waals surface area contributed by atoms with Gasteiger partial charge in [0.25, 0.3) is 0 Å². The highest BCUT2D eigenvalue weighted by molar-refractivity contribution is 6.17. The molecule has 1 atom stereocenters. The first-order chi connectivity index (χ1) is 9.31. The minimum atomic E-state index is 0.739. The second kappa shape index (κ2) is 7.91. The average molecular weight is 280 g/mol. The van der Waals surface area contributed by atoms with Crippen LogP contribution in [0.5, 0.6) is 0 Å². The van der Waals surface area contributed by atoms with Crippen LogP contribution in [0.15, 0.2) is 24.3 Å². The van der Waals surface area contributed by atoms with Crippen LogP contribution in [0.1, 0.15) is 49.1 Å². The van der Waals surface area contributed by atoms with Gasteiger partial charge in [-0.25, -0.2) is 0 Å². The molecule has 0 heterocycles. The van der Waals surface area contributed by atoms with Crippen molar-refractivity contribution in [3.63, 3.8) is 0 Å². The summed E-state index contributed by atoms with van der Waals surface area (Å²) in [6, 6.07) is 9.01. The highest BCUT2D eigenvalue weighted by atomic mass is 35.5. The number of unbranched alkanes of at least 4 members (excludes halogenated alkanes) is 2. The third-order valence-corrected chi connectivity index (χ3v) is 4.47. The third kappa shape index (κ3) is 4.50. The van der Waals surface area contributed by atoms with Gasteiger partial charge < -0.3 is 4.90 Å². The Morgan fingerprint density at radius 2 is 2.05 bits per heavy atom. The number of halogens is 1. The fourth-order valence-electron chi connectivity index (χ4n) is 3.16. The average Bonchev–Trinajstić information content (AvgIpc) is 2.44. The van der Waals surface area contributed by atoms with Crippen molar-refractivity contribution < 1.29 is 0 Å². The maximum Gasteiger partial charge on any atom is 0.0223 e. The minimum Gasteiger partial charge on any atom is -0.306 e. The Balaban J connectivity index is 1.83. The van der Waals surface area contributed by atoms with Crippen LogP contribution in [0.4, 0.5) is 0 Å². The molecule has 106 valence electrons. The van der Waals surface area contributed by atoms with Crippen LogP contribution < -0.4 is 0 Å². The number of rotatable bonds is 7. The molecule has 0 aromatic heterocycles. The van der Waals surface area contributed by atoms with E-state index in [4.69, 9.17) is 11.6 Å². The molecule has 0 amide bonds. The third-order valence-electron chi connectivity index (χ3n) is 4.20. The highest BCUT2D eigenvalue weighted by Gasteiger charge is 2.20.